The first-order chi connectivity index (χ1) is 9.55. The van der Waals surface area contributed by atoms with E-state index in [1.807, 2.05) is 49.1 Å². The lowest BCUT2D eigenvalue weighted by Crippen LogP contribution is -2.48. The summed E-state index contributed by atoms with van der Waals surface area (Å²) in [4.78, 5) is 14.9. The number of carbonyl (C=O) groups is 1. The number of rotatable bonds is 4. The fourth-order valence-electron chi connectivity index (χ4n) is 3.09. The summed E-state index contributed by atoms with van der Waals surface area (Å²) in [6.07, 6.45) is 3.32. The van der Waals surface area contributed by atoms with Crippen molar-refractivity contribution >= 4 is 5.91 Å². The molecule has 1 fully saturated rings. The number of piperidine rings is 1. The quantitative estimate of drug-likeness (QED) is 0.917. The first-order valence-electron chi connectivity index (χ1n) is 7.60. The van der Waals surface area contributed by atoms with E-state index in [-0.39, 0.29) is 5.91 Å². The van der Waals surface area contributed by atoms with Crippen LogP contribution in [0.15, 0.2) is 30.3 Å². The molecular weight excluding hydrogens is 248 g/mol. The van der Waals surface area contributed by atoms with Crippen LogP contribution in [-0.4, -0.2) is 30.4 Å². The summed E-state index contributed by atoms with van der Waals surface area (Å²) in [5, 5.41) is 0. The van der Waals surface area contributed by atoms with E-state index in [1.54, 1.807) is 0 Å². The first-order valence-corrected chi connectivity index (χ1v) is 7.60. The molecule has 0 aliphatic carbocycles. The number of nitrogens with zero attached hydrogens (tertiary/aromatic N) is 1. The lowest BCUT2D eigenvalue weighted by Gasteiger charge is -2.38. The molecule has 3 nitrogen and oxygen atoms in total. The molecule has 20 heavy (non-hydrogen) atoms. The van der Waals surface area contributed by atoms with Crippen LogP contribution in [0, 0.1) is 5.92 Å². The molecule has 0 bridgehead atoms. The maximum Gasteiger partial charge on any atom is 0.232 e. The van der Waals surface area contributed by atoms with Crippen LogP contribution in [0.1, 0.15) is 38.7 Å². The molecule has 0 spiro atoms. The van der Waals surface area contributed by atoms with Crippen LogP contribution in [0.3, 0.4) is 0 Å². The SMILES string of the molecule is CC(C)(C(=O)N1CCCC(CCN)C1)c1ccccc1. The Hall–Kier alpha value is -1.35. The molecular formula is C17H26N2O. The van der Waals surface area contributed by atoms with Gasteiger partial charge in [0.25, 0.3) is 0 Å². The molecule has 3 heteroatoms. The minimum Gasteiger partial charge on any atom is -0.342 e. The number of carbonyl (C=O) groups excluding carboxylic acids is 1. The van der Waals surface area contributed by atoms with Crippen molar-refractivity contribution in [2.45, 2.75) is 38.5 Å². The summed E-state index contributed by atoms with van der Waals surface area (Å²) in [6, 6.07) is 10.1. The van der Waals surface area contributed by atoms with E-state index < -0.39 is 5.41 Å². The normalized spacial score (nSPS) is 19.9. The van der Waals surface area contributed by atoms with Gasteiger partial charge in [-0.3, -0.25) is 4.79 Å². The average molecular weight is 274 g/mol. The van der Waals surface area contributed by atoms with E-state index >= 15 is 0 Å². The van der Waals surface area contributed by atoms with Crippen molar-refractivity contribution in [2.24, 2.45) is 11.7 Å². The van der Waals surface area contributed by atoms with Crippen molar-refractivity contribution in [1.29, 1.82) is 0 Å². The summed E-state index contributed by atoms with van der Waals surface area (Å²) in [5.74, 6) is 0.815. The third kappa shape index (κ3) is 3.21. The Labute approximate surface area is 122 Å². The second kappa shape index (κ2) is 6.40. The molecule has 1 aliphatic rings. The second-order valence-electron chi connectivity index (χ2n) is 6.33. The zero-order valence-corrected chi connectivity index (χ0v) is 12.6. The monoisotopic (exact) mass is 274 g/mol. The van der Waals surface area contributed by atoms with Gasteiger partial charge < -0.3 is 10.6 Å². The molecule has 2 rings (SSSR count). The molecule has 1 aromatic carbocycles. The van der Waals surface area contributed by atoms with Crippen LogP contribution in [0.2, 0.25) is 0 Å². The van der Waals surface area contributed by atoms with Crippen LogP contribution in [-0.2, 0) is 10.2 Å². The van der Waals surface area contributed by atoms with Crippen molar-refractivity contribution < 1.29 is 4.79 Å². The summed E-state index contributed by atoms with van der Waals surface area (Å²) in [6.45, 7) is 6.52. The maximum absolute atomic E-state index is 12.9. The van der Waals surface area contributed by atoms with Gasteiger partial charge in [0, 0.05) is 13.1 Å². The fourth-order valence-corrected chi connectivity index (χ4v) is 3.09. The van der Waals surface area contributed by atoms with Gasteiger partial charge in [-0.25, -0.2) is 0 Å². The van der Waals surface area contributed by atoms with E-state index in [0.29, 0.717) is 5.92 Å². The van der Waals surface area contributed by atoms with Gasteiger partial charge in [-0.15, -0.1) is 0 Å². The lowest BCUT2D eigenvalue weighted by atomic mass is 9.82. The number of benzene rings is 1. The number of hydrogen-bond acceptors (Lipinski definition) is 2. The van der Waals surface area contributed by atoms with Gasteiger partial charge >= 0.3 is 0 Å². The van der Waals surface area contributed by atoms with E-state index in [1.165, 1.54) is 6.42 Å². The third-order valence-corrected chi connectivity index (χ3v) is 4.41. The topological polar surface area (TPSA) is 46.3 Å². The van der Waals surface area contributed by atoms with E-state index in [2.05, 4.69) is 0 Å². The van der Waals surface area contributed by atoms with Gasteiger partial charge in [0.15, 0.2) is 0 Å². The molecule has 1 saturated heterocycles. The minimum absolute atomic E-state index is 0.241. The van der Waals surface area contributed by atoms with Gasteiger partial charge in [-0.1, -0.05) is 30.3 Å². The van der Waals surface area contributed by atoms with Crippen LogP contribution < -0.4 is 5.73 Å². The van der Waals surface area contributed by atoms with Gasteiger partial charge in [0.05, 0.1) is 5.41 Å². The number of likely N-dealkylation sites (tertiary alicyclic amines) is 1. The Morgan fingerprint density at radius 3 is 2.70 bits per heavy atom. The molecule has 110 valence electrons. The van der Waals surface area contributed by atoms with Crippen molar-refractivity contribution in [3.8, 4) is 0 Å². The highest BCUT2D eigenvalue weighted by molar-refractivity contribution is 5.87. The smallest absolute Gasteiger partial charge is 0.232 e. The highest BCUT2D eigenvalue weighted by Gasteiger charge is 2.35. The molecule has 1 heterocycles. The van der Waals surface area contributed by atoms with Crippen LogP contribution in [0.4, 0.5) is 0 Å². The fraction of sp³-hybridized carbons (Fsp3) is 0.588. The lowest BCUT2D eigenvalue weighted by molar-refractivity contribution is -0.138. The molecule has 0 saturated carbocycles. The van der Waals surface area contributed by atoms with E-state index in [4.69, 9.17) is 5.73 Å². The molecule has 1 unspecified atom stereocenters. The molecule has 0 aromatic heterocycles. The minimum atomic E-state index is -0.453. The zero-order chi connectivity index (χ0) is 14.6. The third-order valence-electron chi connectivity index (χ3n) is 4.41. The predicted molar refractivity (Wildman–Crippen MR) is 82.4 cm³/mol. The highest BCUT2D eigenvalue weighted by Crippen LogP contribution is 2.28. The van der Waals surface area contributed by atoms with Crippen molar-refractivity contribution in [2.75, 3.05) is 19.6 Å². The summed E-state index contributed by atoms with van der Waals surface area (Å²) in [5.41, 5.74) is 6.29. The standard InChI is InChI=1S/C17H26N2O/c1-17(2,15-8-4-3-5-9-15)16(20)19-12-6-7-14(13-19)10-11-18/h3-5,8-9,14H,6-7,10-13,18H2,1-2H3. The van der Waals surface area contributed by atoms with Crippen LogP contribution in [0.5, 0.6) is 0 Å². The van der Waals surface area contributed by atoms with Gasteiger partial charge in [0.2, 0.25) is 5.91 Å². The molecule has 1 aromatic rings. The average Bonchev–Trinajstić information content (AvgIpc) is 2.48. The Bertz CT molecular complexity index is 440. The molecule has 2 N–H and O–H groups in total. The summed E-state index contributed by atoms with van der Waals surface area (Å²) in [7, 11) is 0. The molecule has 1 atom stereocenters. The van der Waals surface area contributed by atoms with E-state index in [9.17, 15) is 4.79 Å². The summed E-state index contributed by atoms with van der Waals surface area (Å²) < 4.78 is 0. The van der Waals surface area contributed by atoms with E-state index in [0.717, 1.165) is 38.0 Å². The Morgan fingerprint density at radius 1 is 1.35 bits per heavy atom. The number of amides is 1. The predicted octanol–water partition coefficient (Wildman–Crippen LogP) is 2.55. The molecule has 0 radical (unpaired) electrons. The maximum atomic E-state index is 12.9. The summed E-state index contributed by atoms with van der Waals surface area (Å²) >= 11 is 0. The van der Waals surface area contributed by atoms with Crippen molar-refractivity contribution in [3.05, 3.63) is 35.9 Å². The van der Waals surface area contributed by atoms with Crippen molar-refractivity contribution in [3.63, 3.8) is 0 Å². The van der Waals surface area contributed by atoms with Gasteiger partial charge in [-0.2, -0.15) is 0 Å². The molecule has 1 aliphatic heterocycles. The second-order valence-corrected chi connectivity index (χ2v) is 6.33. The Kier molecular flexibility index (Phi) is 4.81. The first kappa shape index (κ1) is 15.0. The zero-order valence-electron chi connectivity index (χ0n) is 12.6. The van der Waals surface area contributed by atoms with Crippen LogP contribution >= 0.6 is 0 Å². The largest absolute Gasteiger partial charge is 0.342 e. The van der Waals surface area contributed by atoms with Gasteiger partial charge in [0.1, 0.15) is 0 Å². The number of nitrogens with two attached hydrogens (primary N) is 1. The molecule has 1 amide bonds. The number of hydrogen-bond donors (Lipinski definition) is 1. The van der Waals surface area contributed by atoms with Crippen molar-refractivity contribution in [1.82, 2.24) is 4.90 Å². The highest BCUT2D eigenvalue weighted by atomic mass is 16.2. The van der Waals surface area contributed by atoms with Crippen LogP contribution in [0.25, 0.3) is 0 Å². The van der Waals surface area contributed by atoms with Gasteiger partial charge in [-0.05, 0) is 51.1 Å². The Morgan fingerprint density at radius 2 is 2.05 bits per heavy atom. The Balaban J connectivity index is 2.10.